The van der Waals surface area contributed by atoms with Gasteiger partial charge in [-0.05, 0) is 37.0 Å². The topological polar surface area (TPSA) is 67.5 Å². The van der Waals surface area contributed by atoms with Crippen LogP contribution in [-0.2, 0) is 0 Å². The Labute approximate surface area is 118 Å². The van der Waals surface area contributed by atoms with Crippen LogP contribution in [0.1, 0.15) is 29.6 Å². The van der Waals surface area contributed by atoms with Crippen molar-refractivity contribution in [2.75, 3.05) is 18.6 Å². The van der Waals surface area contributed by atoms with Crippen molar-refractivity contribution in [1.29, 1.82) is 0 Å². The molecular formula is C14H21N3OS. The fourth-order valence-corrected chi connectivity index (χ4v) is 2.04. The summed E-state index contributed by atoms with van der Waals surface area (Å²) < 4.78 is 0. The van der Waals surface area contributed by atoms with E-state index in [0.29, 0.717) is 12.1 Å². The smallest absolute Gasteiger partial charge is 0.257 e. The summed E-state index contributed by atoms with van der Waals surface area (Å²) in [4.78, 5) is 15.9. The van der Waals surface area contributed by atoms with Gasteiger partial charge in [-0.2, -0.15) is 11.8 Å². The van der Waals surface area contributed by atoms with Gasteiger partial charge in [-0.3, -0.25) is 15.1 Å². The summed E-state index contributed by atoms with van der Waals surface area (Å²) >= 11 is 1.85. The molecular weight excluding hydrogens is 258 g/mol. The lowest BCUT2D eigenvalue weighted by Gasteiger charge is -2.04. The number of benzene rings is 1. The normalized spacial score (nSPS) is 11.3. The molecule has 1 rings (SSSR count). The monoisotopic (exact) mass is 279 g/mol. The van der Waals surface area contributed by atoms with E-state index in [-0.39, 0.29) is 11.9 Å². The number of unbranched alkanes of at least 4 members (excludes halogenated alkanes) is 2. The SMILES string of the molecule is CSCCCCCN=C(N)NC(=O)c1ccccc1. The first-order valence-electron chi connectivity index (χ1n) is 6.39. The number of nitrogens with one attached hydrogen (secondary N) is 1. The molecule has 3 N–H and O–H groups in total. The van der Waals surface area contributed by atoms with Gasteiger partial charge in [0.2, 0.25) is 0 Å². The molecule has 0 heterocycles. The van der Waals surface area contributed by atoms with Crippen LogP contribution in [0.2, 0.25) is 0 Å². The van der Waals surface area contributed by atoms with E-state index in [1.807, 2.05) is 30.0 Å². The predicted octanol–water partition coefficient (Wildman–Crippen LogP) is 2.26. The van der Waals surface area contributed by atoms with E-state index in [1.165, 1.54) is 12.2 Å². The summed E-state index contributed by atoms with van der Waals surface area (Å²) in [6.07, 6.45) is 5.45. The second kappa shape index (κ2) is 9.44. The van der Waals surface area contributed by atoms with Crippen LogP contribution < -0.4 is 11.1 Å². The van der Waals surface area contributed by atoms with Gasteiger partial charge in [0.25, 0.3) is 5.91 Å². The number of carbonyl (C=O) groups is 1. The Bertz CT molecular complexity index is 406. The average molecular weight is 279 g/mol. The minimum absolute atomic E-state index is 0.193. The third-order valence-electron chi connectivity index (χ3n) is 2.57. The van der Waals surface area contributed by atoms with Crippen LogP contribution in [-0.4, -0.2) is 30.4 Å². The number of hydrogen-bond acceptors (Lipinski definition) is 3. The van der Waals surface area contributed by atoms with Crippen LogP contribution >= 0.6 is 11.8 Å². The van der Waals surface area contributed by atoms with Crippen molar-refractivity contribution in [3.8, 4) is 0 Å². The lowest BCUT2D eigenvalue weighted by molar-refractivity contribution is 0.0976. The maximum absolute atomic E-state index is 11.8. The number of rotatable bonds is 7. The molecule has 0 radical (unpaired) electrons. The highest BCUT2D eigenvalue weighted by atomic mass is 32.2. The summed E-state index contributed by atoms with van der Waals surface area (Å²) in [5.74, 6) is 1.16. The Morgan fingerprint density at radius 3 is 2.68 bits per heavy atom. The lowest BCUT2D eigenvalue weighted by atomic mass is 10.2. The average Bonchev–Trinajstić information content (AvgIpc) is 2.43. The molecule has 0 saturated carbocycles. The number of guanidine groups is 1. The number of thioether (sulfide) groups is 1. The van der Waals surface area contributed by atoms with Gasteiger partial charge in [0, 0.05) is 12.1 Å². The number of nitrogens with two attached hydrogens (primary N) is 1. The van der Waals surface area contributed by atoms with E-state index in [4.69, 9.17) is 5.73 Å². The molecule has 1 amide bonds. The summed E-state index contributed by atoms with van der Waals surface area (Å²) in [6, 6.07) is 8.97. The number of hydrogen-bond donors (Lipinski definition) is 2. The fourth-order valence-electron chi connectivity index (χ4n) is 1.55. The van der Waals surface area contributed by atoms with Crippen LogP contribution in [0.25, 0.3) is 0 Å². The number of nitrogens with zero attached hydrogens (tertiary/aromatic N) is 1. The Morgan fingerprint density at radius 1 is 1.26 bits per heavy atom. The Balaban J connectivity index is 2.26. The van der Waals surface area contributed by atoms with Crippen molar-refractivity contribution in [1.82, 2.24) is 5.32 Å². The number of amides is 1. The van der Waals surface area contributed by atoms with Crippen molar-refractivity contribution in [3.63, 3.8) is 0 Å². The van der Waals surface area contributed by atoms with Gasteiger partial charge in [0.15, 0.2) is 5.96 Å². The second-order valence-electron chi connectivity index (χ2n) is 4.14. The Kier molecular flexibility index (Phi) is 7.74. The molecule has 19 heavy (non-hydrogen) atoms. The van der Waals surface area contributed by atoms with Crippen molar-refractivity contribution in [3.05, 3.63) is 35.9 Å². The van der Waals surface area contributed by atoms with E-state index in [1.54, 1.807) is 12.1 Å². The molecule has 1 aromatic carbocycles. The van der Waals surface area contributed by atoms with Crippen LogP contribution in [0.5, 0.6) is 0 Å². The number of aliphatic imine (C=N–C) groups is 1. The van der Waals surface area contributed by atoms with Gasteiger partial charge >= 0.3 is 0 Å². The maximum atomic E-state index is 11.8. The van der Waals surface area contributed by atoms with Crippen molar-refractivity contribution < 1.29 is 4.79 Å². The minimum Gasteiger partial charge on any atom is -0.370 e. The molecule has 0 aliphatic rings. The minimum atomic E-state index is -0.218. The van der Waals surface area contributed by atoms with Crippen molar-refractivity contribution in [2.45, 2.75) is 19.3 Å². The molecule has 0 fully saturated rings. The first-order chi connectivity index (χ1) is 9.24. The van der Waals surface area contributed by atoms with E-state index in [2.05, 4.69) is 16.6 Å². The van der Waals surface area contributed by atoms with Gasteiger partial charge in [-0.1, -0.05) is 24.6 Å². The van der Waals surface area contributed by atoms with Crippen LogP contribution in [0, 0.1) is 0 Å². The lowest BCUT2D eigenvalue weighted by Crippen LogP contribution is -2.36. The highest BCUT2D eigenvalue weighted by Gasteiger charge is 2.04. The molecule has 0 aromatic heterocycles. The summed E-state index contributed by atoms with van der Waals surface area (Å²) in [6.45, 7) is 0.662. The van der Waals surface area contributed by atoms with E-state index in [0.717, 1.165) is 12.8 Å². The summed E-state index contributed by atoms with van der Waals surface area (Å²) in [5.41, 5.74) is 6.25. The molecule has 0 atom stereocenters. The molecule has 0 bridgehead atoms. The third kappa shape index (κ3) is 6.86. The van der Waals surface area contributed by atoms with Crippen molar-refractivity contribution in [2.24, 2.45) is 10.7 Å². The maximum Gasteiger partial charge on any atom is 0.257 e. The number of carbonyl (C=O) groups excluding carboxylic acids is 1. The molecule has 0 saturated heterocycles. The molecule has 1 aromatic rings. The van der Waals surface area contributed by atoms with E-state index < -0.39 is 0 Å². The highest BCUT2D eigenvalue weighted by Crippen LogP contribution is 2.02. The van der Waals surface area contributed by atoms with Gasteiger partial charge in [0.1, 0.15) is 0 Å². The van der Waals surface area contributed by atoms with Gasteiger partial charge in [-0.25, -0.2) is 0 Å². The zero-order valence-electron chi connectivity index (χ0n) is 11.3. The molecule has 5 heteroatoms. The Morgan fingerprint density at radius 2 is 2.00 bits per heavy atom. The molecule has 0 spiro atoms. The first-order valence-corrected chi connectivity index (χ1v) is 7.78. The molecule has 0 unspecified atom stereocenters. The quantitative estimate of drug-likeness (QED) is 0.457. The molecule has 0 aliphatic heterocycles. The van der Waals surface area contributed by atoms with Crippen molar-refractivity contribution >= 4 is 23.6 Å². The molecule has 4 nitrogen and oxygen atoms in total. The fraction of sp³-hybridized carbons (Fsp3) is 0.429. The summed E-state index contributed by atoms with van der Waals surface area (Å²) in [7, 11) is 0. The van der Waals surface area contributed by atoms with Gasteiger partial charge < -0.3 is 5.73 Å². The summed E-state index contributed by atoms with van der Waals surface area (Å²) in [5, 5.41) is 2.58. The highest BCUT2D eigenvalue weighted by molar-refractivity contribution is 7.98. The zero-order chi connectivity index (χ0) is 13.9. The predicted molar refractivity (Wildman–Crippen MR) is 82.6 cm³/mol. The van der Waals surface area contributed by atoms with Gasteiger partial charge in [-0.15, -0.1) is 0 Å². The van der Waals surface area contributed by atoms with E-state index in [9.17, 15) is 4.79 Å². The standard InChI is InChI=1S/C14H21N3OS/c1-19-11-7-3-6-10-16-14(15)17-13(18)12-8-4-2-5-9-12/h2,4-5,8-9H,3,6-7,10-11H2,1H3,(H3,15,16,17,18). The molecule has 0 aliphatic carbocycles. The largest absolute Gasteiger partial charge is 0.370 e. The van der Waals surface area contributed by atoms with Crippen LogP contribution in [0.15, 0.2) is 35.3 Å². The van der Waals surface area contributed by atoms with Gasteiger partial charge in [0.05, 0.1) is 0 Å². The Hall–Kier alpha value is -1.49. The van der Waals surface area contributed by atoms with Crippen LogP contribution in [0.3, 0.4) is 0 Å². The van der Waals surface area contributed by atoms with E-state index >= 15 is 0 Å². The third-order valence-corrected chi connectivity index (χ3v) is 3.26. The zero-order valence-corrected chi connectivity index (χ0v) is 12.1. The molecule has 104 valence electrons. The van der Waals surface area contributed by atoms with Crippen LogP contribution in [0.4, 0.5) is 0 Å². The second-order valence-corrected chi connectivity index (χ2v) is 5.13. The first kappa shape index (κ1) is 15.6.